The average molecular weight is 226 g/mol. The van der Waals surface area contributed by atoms with Gasteiger partial charge in [0.05, 0.1) is 0 Å². The first-order valence-electron chi connectivity index (χ1n) is 5.99. The largest absolute Gasteiger partial charge is 0.372 e. The van der Waals surface area contributed by atoms with Gasteiger partial charge in [-0.3, -0.25) is 4.79 Å². The van der Waals surface area contributed by atoms with Crippen LogP contribution in [0.1, 0.15) is 19.3 Å². The lowest BCUT2D eigenvalue weighted by atomic mass is 9.97. The van der Waals surface area contributed by atoms with Crippen LogP contribution >= 0.6 is 0 Å². The van der Waals surface area contributed by atoms with Crippen LogP contribution in [0, 0.1) is 5.92 Å². The van der Waals surface area contributed by atoms with Crippen molar-refractivity contribution in [2.45, 2.75) is 19.3 Å². The molecule has 0 aromatic heterocycles. The molecule has 2 N–H and O–H groups in total. The van der Waals surface area contributed by atoms with Crippen molar-refractivity contribution >= 4 is 5.91 Å². The summed E-state index contributed by atoms with van der Waals surface area (Å²) in [5.74, 6) is 0.645. The van der Waals surface area contributed by atoms with Crippen LogP contribution in [0.4, 0.5) is 0 Å². The number of ether oxygens (including phenoxy) is 1. The molecule has 1 aliphatic heterocycles. The van der Waals surface area contributed by atoms with E-state index in [1.165, 1.54) is 12.8 Å². The van der Waals surface area contributed by atoms with Crippen LogP contribution in [0.3, 0.4) is 0 Å². The minimum absolute atomic E-state index is 0.0679. The highest BCUT2D eigenvalue weighted by molar-refractivity contribution is 5.77. The number of carbonyl (C=O) groups excluding carboxylic acids is 1. The molecule has 1 heterocycles. The minimum atomic E-state index is -0.0679. The molecule has 0 radical (unpaired) electrons. The second kappa shape index (κ2) is 8.30. The fourth-order valence-electron chi connectivity index (χ4n) is 1.82. The third-order valence-electron chi connectivity index (χ3n) is 2.75. The summed E-state index contributed by atoms with van der Waals surface area (Å²) in [5, 5.41) is 6.04. The number of hydrogen-bond acceptors (Lipinski definition) is 3. The predicted octanol–water partition coefficient (Wildman–Crippen LogP) is 0.695. The molecule has 1 atom stereocenters. The number of hydrogen-bond donors (Lipinski definition) is 2. The monoisotopic (exact) mass is 226 g/mol. The number of piperidine rings is 1. The molecule has 0 aliphatic carbocycles. The Bertz CT molecular complexity index is 213. The summed E-state index contributed by atoms with van der Waals surface area (Å²) in [6, 6.07) is 0. The molecular formula is C12H22N2O2. The minimum Gasteiger partial charge on any atom is -0.372 e. The first kappa shape index (κ1) is 13.2. The van der Waals surface area contributed by atoms with Crippen molar-refractivity contribution in [2.75, 3.05) is 32.8 Å². The fourth-order valence-corrected chi connectivity index (χ4v) is 1.82. The van der Waals surface area contributed by atoms with E-state index in [2.05, 4.69) is 17.2 Å². The molecule has 0 aromatic rings. The van der Waals surface area contributed by atoms with Gasteiger partial charge in [0.2, 0.25) is 5.91 Å². The Kier molecular flexibility index (Phi) is 6.85. The van der Waals surface area contributed by atoms with Gasteiger partial charge in [-0.1, -0.05) is 6.08 Å². The lowest BCUT2D eigenvalue weighted by molar-refractivity contribution is -0.125. The molecule has 0 spiro atoms. The predicted molar refractivity (Wildman–Crippen MR) is 64.2 cm³/mol. The number of rotatable bonds is 7. The summed E-state index contributed by atoms with van der Waals surface area (Å²) in [6.07, 6.45) is 5.23. The molecule has 92 valence electrons. The molecule has 1 aliphatic rings. The third kappa shape index (κ3) is 5.88. The maximum Gasteiger partial charge on any atom is 0.246 e. The summed E-state index contributed by atoms with van der Waals surface area (Å²) in [7, 11) is 0. The second-order valence-corrected chi connectivity index (χ2v) is 4.15. The van der Waals surface area contributed by atoms with Crippen molar-refractivity contribution < 1.29 is 9.53 Å². The SMILES string of the molecule is C=CCNC(=O)COCCC1CCCNC1. The Balaban J connectivity index is 1.94. The molecule has 0 bridgehead atoms. The highest BCUT2D eigenvalue weighted by Crippen LogP contribution is 2.13. The maximum absolute atomic E-state index is 11.2. The molecule has 0 saturated carbocycles. The van der Waals surface area contributed by atoms with Crippen molar-refractivity contribution in [2.24, 2.45) is 5.92 Å². The molecule has 1 saturated heterocycles. The van der Waals surface area contributed by atoms with Gasteiger partial charge in [-0.25, -0.2) is 0 Å². The summed E-state index contributed by atoms with van der Waals surface area (Å²) in [6.45, 7) is 7.10. The Hall–Kier alpha value is -0.870. The maximum atomic E-state index is 11.2. The van der Waals surface area contributed by atoms with E-state index in [0.717, 1.165) is 19.5 Å². The van der Waals surface area contributed by atoms with Crippen molar-refractivity contribution in [3.63, 3.8) is 0 Å². The average Bonchev–Trinajstić information content (AvgIpc) is 2.33. The first-order chi connectivity index (χ1) is 7.83. The molecule has 16 heavy (non-hydrogen) atoms. The van der Waals surface area contributed by atoms with Crippen molar-refractivity contribution in [1.29, 1.82) is 0 Å². The van der Waals surface area contributed by atoms with Gasteiger partial charge in [0.1, 0.15) is 6.61 Å². The van der Waals surface area contributed by atoms with E-state index >= 15 is 0 Å². The summed E-state index contributed by atoms with van der Waals surface area (Å²) in [4.78, 5) is 11.2. The molecule has 4 nitrogen and oxygen atoms in total. The molecule has 4 heteroatoms. The Morgan fingerprint density at radius 3 is 3.19 bits per heavy atom. The van der Waals surface area contributed by atoms with Gasteiger partial charge < -0.3 is 15.4 Å². The van der Waals surface area contributed by atoms with E-state index < -0.39 is 0 Å². The second-order valence-electron chi connectivity index (χ2n) is 4.15. The summed E-state index contributed by atoms with van der Waals surface area (Å²) in [5.41, 5.74) is 0. The van der Waals surface area contributed by atoms with Gasteiger partial charge >= 0.3 is 0 Å². The smallest absolute Gasteiger partial charge is 0.246 e. The zero-order valence-corrected chi connectivity index (χ0v) is 9.84. The number of carbonyl (C=O) groups is 1. The Morgan fingerprint density at radius 2 is 2.50 bits per heavy atom. The number of amides is 1. The topological polar surface area (TPSA) is 50.4 Å². The molecule has 1 rings (SSSR count). The molecule has 0 aromatic carbocycles. The summed E-state index contributed by atoms with van der Waals surface area (Å²) < 4.78 is 5.32. The van der Waals surface area contributed by atoms with Crippen LogP contribution in [0.2, 0.25) is 0 Å². The first-order valence-corrected chi connectivity index (χ1v) is 5.99. The quantitative estimate of drug-likeness (QED) is 0.496. The van der Waals surface area contributed by atoms with Gasteiger partial charge in [-0.2, -0.15) is 0 Å². The van der Waals surface area contributed by atoms with E-state index in [4.69, 9.17) is 4.74 Å². The van der Waals surface area contributed by atoms with Gasteiger partial charge in [0.15, 0.2) is 0 Å². The van der Waals surface area contributed by atoms with Gasteiger partial charge in [-0.15, -0.1) is 6.58 Å². The normalized spacial score (nSPS) is 20.4. The summed E-state index contributed by atoms with van der Waals surface area (Å²) >= 11 is 0. The van der Waals surface area contributed by atoms with Crippen LogP contribution in [0.15, 0.2) is 12.7 Å². The van der Waals surface area contributed by atoms with E-state index in [0.29, 0.717) is 19.1 Å². The van der Waals surface area contributed by atoms with Crippen molar-refractivity contribution in [3.8, 4) is 0 Å². The van der Waals surface area contributed by atoms with E-state index in [1.807, 2.05) is 0 Å². The zero-order chi connectivity index (χ0) is 11.6. The molecular weight excluding hydrogens is 204 g/mol. The number of nitrogens with one attached hydrogen (secondary N) is 2. The highest BCUT2D eigenvalue weighted by Gasteiger charge is 2.12. The van der Waals surface area contributed by atoms with Crippen molar-refractivity contribution in [3.05, 3.63) is 12.7 Å². The van der Waals surface area contributed by atoms with Crippen LogP contribution in [0.25, 0.3) is 0 Å². The standard InChI is InChI=1S/C12H22N2O2/c1-2-6-14-12(15)10-16-8-5-11-4-3-7-13-9-11/h2,11,13H,1,3-10H2,(H,14,15). The van der Waals surface area contributed by atoms with Crippen molar-refractivity contribution in [1.82, 2.24) is 10.6 Å². The van der Waals surface area contributed by atoms with Crippen LogP contribution in [-0.2, 0) is 9.53 Å². The molecule has 1 fully saturated rings. The molecule has 1 unspecified atom stereocenters. The fraction of sp³-hybridized carbons (Fsp3) is 0.750. The highest BCUT2D eigenvalue weighted by atomic mass is 16.5. The lowest BCUT2D eigenvalue weighted by Crippen LogP contribution is -2.31. The lowest BCUT2D eigenvalue weighted by Gasteiger charge is -2.22. The van der Waals surface area contributed by atoms with Crippen LogP contribution in [0.5, 0.6) is 0 Å². The van der Waals surface area contributed by atoms with Gasteiger partial charge in [0, 0.05) is 13.2 Å². The van der Waals surface area contributed by atoms with E-state index in [9.17, 15) is 4.79 Å². The van der Waals surface area contributed by atoms with Gasteiger partial charge in [0.25, 0.3) is 0 Å². The van der Waals surface area contributed by atoms with Gasteiger partial charge in [-0.05, 0) is 38.3 Å². The molecule has 1 amide bonds. The Labute approximate surface area is 97.4 Å². The van der Waals surface area contributed by atoms with E-state index in [1.54, 1.807) is 6.08 Å². The zero-order valence-electron chi connectivity index (χ0n) is 9.84. The van der Waals surface area contributed by atoms with Crippen LogP contribution < -0.4 is 10.6 Å². The Morgan fingerprint density at radius 1 is 1.62 bits per heavy atom. The van der Waals surface area contributed by atoms with Crippen LogP contribution in [-0.4, -0.2) is 38.8 Å². The third-order valence-corrected chi connectivity index (χ3v) is 2.75. The van der Waals surface area contributed by atoms with E-state index in [-0.39, 0.29) is 12.5 Å².